The third kappa shape index (κ3) is 4.26. The van der Waals surface area contributed by atoms with Crippen LogP contribution in [0.25, 0.3) is 6.08 Å². The summed E-state index contributed by atoms with van der Waals surface area (Å²) in [7, 11) is 0. The molecular formula is C17H18N2O2. The van der Waals surface area contributed by atoms with E-state index in [2.05, 4.69) is 24.4 Å². The van der Waals surface area contributed by atoms with E-state index in [1.807, 2.05) is 24.3 Å². The van der Waals surface area contributed by atoms with Crippen LogP contribution < -0.4 is 5.32 Å². The predicted molar refractivity (Wildman–Crippen MR) is 85.0 cm³/mol. The number of hydrogen-bond acceptors (Lipinski definition) is 3. The Labute approximate surface area is 124 Å². The maximum atomic E-state index is 10.9. The van der Waals surface area contributed by atoms with Crippen LogP contribution in [0.15, 0.2) is 60.7 Å². The van der Waals surface area contributed by atoms with Gasteiger partial charge in [-0.1, -0.05) is 54.6 Å². The van der Waals surface area contributed by atoms with Gasteiger partial charge in [-0.25, -0.2) is 0 Å². The molecule has 0 fully saturated rings. The molecule has 0 aliphatic rings. The molecule has 1 atom stereocenters. The van der Waals surface area contributed by atoms with Crippen LogP contribution in [-0.2, 0) is 0 Å². The van der Waals surface area contributed by atoms with Crippen LogP contribution in [0.2, 0.25) is 0 Å². The van der Waals surface area contributed by atoms with E-state index in [9.17, 15) is 10.1 Å². The largest absolute Gasteiger partial charge is 0.307 e. The standard InChI is InChI=1S/C17H18N2O2/c1-14(15-8-3-2-4-9-15)18-13-7-11-16-10-5-6-12-17(16)19(20)21/h2-12,14,18H,13H2,1H3/b11-7-/t14-/m0/s1. The summed E-state index contributed by atoms with van der Waals surface area (Å²) in [6.45, 7) is 2.75. The van der Waals surface area contributed by atoms with Gasteiger partial charge in [0.25, 0.3) is 5.69 Å². The van der Waals surface area contributed by atoms with E-state index < -0.39 is 0 Å². The van der Waals surface area contributed by atoms with E-state index in [4.69, 9.17) is 0 Å². The summed E-state index contributed by atoms with van der Waals surface area (Å²) < 4.78 is 0. The van der Waals surface area contributed by atoms with E-state index in [1.54, 1.807) is 24.3 Å². The highest BCUT2D eigenvalue weighted by Gasteiger charge is 2.09. The number of benzene rings is 2. The molecule has 0 saturated heterocycles. The maximum Gasteiger partial charge on any atom is 0.276 e. The highest BCUT2D eigenvalue weighted by molar-refractivity contribution is 5.60. The lowest BCUT2D eigenvalue weighted by Gasteiger charge is -2.12. The number of nitrogens with zero attached hydrogens (tertiary/aromatic N) is 1. The SMILES string of the molecule is C[C@H](NC/C=C\c1ccccc1[N+](=O)[O-])c1ccccc1. The van der Waals surface area contributed by atoms with Crippen molar-refractivity contribution in [1.82, 2.24) is 5.32 Å². The van der Waals surface area contributed by atoms with Gasteiger partial charge in [-0.2, -0.15) is 0 Å². The van der Waals surface area contributed by atoms with Crippen molar-refractivity contribution < 1.29 is 4.92 Å². The van der Waals surface area contributed by atoms with Crippen LogP contribution in [0, 0.1) is 10.1 Å². The average molecular weight is 282 g/mol. The Morgan fingerprint density at radius 2 is 1.81 bits per heavy atom. The third-order valence-corrected chi connectivity index (χ3v) is 3.27. The fourth-order valence-corrected chi connectivity index (χ4v) is 2.09. The monoisotopic (exact) mass is 282 g/mol. The molecule has 1 N–H and O–H groups in total. The summed E-state index contributed by atoms with van der Waals surface area (Å²) in [5.41, 5.74) is 1.97. The molecule has 0 aliphatic carbocycles. The minimum atomic E-state index is -0.361. The van der Waals surface area contributed by atoms with E-state index in [1.165, 1.54) is 11.6 Å². The van der Waals surface area contributed by atoms with Crippen LogP contribution in [0.4, 0.5) is 5.69 Å². The second-order valence-electron chi connectivity index (χ2n) is 4.76. The Morgan fingerprint density at radius 1 is 1.14 bits per heavy atom. The average Bonchev–Trinajstić information content (AvgIpc) is 2.52. The van der Waals surface area contributed by atoms with Gasteiger partial charge in [0.1, 0.15) is 0 Å². The van der Waals surface area contributed by atoms with Crippen LogP contribution in [0.1, 0.15) is 24.1 Å². The summed E-state index contributed by atoms with van der Waals surface area (Å²) in [6, 6.07) is 17.1. The van der Waals surface area contributed by atoms with Crippen molar-refractivity contribution in [2.45, 2.75) is 13.0 Å². The Hall–Kier alpha value is -2.46. The van der Waals surface area contributed by atoms with Gasteiger partial charge < -0.3 is 5.32 Å². The number of nitrogens with one attached hydrogen (secondary N) is 1. The molecule has 0 radical (unpaired) electrons. The molecule has 4 heteroatoms. The third-order valence-electron chi connectivity index (χ3n) is 3.27. The molecule has 0 saturated carbocycles. The molecule has 4 nitrogen and oxygen atoms in total. The molecule has 21 heavy (non-hydrogen) atoms. The minimum Gasteiger partial charge on any atom is -0.307 e. The number of nitro groups is 1. The number of para-hydroxylation sites is 1. The van der Waals surface area contributed by atoms with Crippen molar-refractivity contribution in [3.05, 3.63) is 81.9 Å². The number of hydrogen-bond donors (Lipinski definition) is 1. The zero-order chi connectivity index (χ0) is 15.1. The van der Waals surface area contributed by atoms with Crippen molar-refractivity contribution in [3.63, 3.8) is 0 Å². The Balaban J connectivity index is 1.93. The number of nitro benzene ring substituents is 1. The van der Waals surface area contributed by atoms with Gasteiger partial charge in [0.15, 0.2) is 0 Å². The van der Waals surface area contributed by atoms with E-state index >= 15 is 0 Å². The van der Waals surface area contributed by atoms with Gasteiger partial charge in [-0.3, -0.25) is 10.1 Å². The van der Waals surface area contributed by atoms with Crippen molar-refractivity contribution in [3.8, 4) is 0 Å². The smallest absolute Gasteiger partial charge is 0.276 e. The molecule has 2 aromatic carbocycles. The second kappa shape index (κ2) is 7.36. The molecule has 0 bridgehead atoms. The van der Waals surface area contributed by atoms with Crippen LogP contribution >= 0.6 is 0 Å². The van der Waals surface area contributed by atoms with Crippen molar-refractivity contribution in [2.24, 2.45) is 0 Å². The highest BCUT2D eigenvalue weighted by atomic mass is 16.6. The van der Waals surface area contributed by atoms with E-state index in [0.29, 0.717) is 12.1 Å². The molecular weight excluding hydrogens is 264 g/mol. The molecule has 0 aromatic heterocycles. The Bertz CT molecular complexity index is 624. The Kier molecular flexibility index (Phi) is 5.23. The molecule has 0 unspecified atom stereocenters. The zero-order valence-electron chi connectivity index (χ0n) is 11.9. The van der Waals surface area contributed by atoms with Gasteiger partial charge in [0.05, 0.1) is 10.5 Å². The van der Waals surface area contributed by atoms with Crippen molar-refractivity contribution in [1.29, 1.82) is 0 Å². The van der Waals surface area contributed by atoms with Gasteiger partial charge in [0, 0.05) is 18.7 Å². The molecule has 0 aliphatic heterocycles. The zero-order valence-corrected chi connectivity index (χ0v) is 11.9. The van der Waals surface area contributed by atoms with Crippen LogP contribution in [0.5, 0.6) is 0 Å². The Morgan fingerprint density at radius 3 is 2.52 bits per heavy atom. The van der Waals surface area contributed by atoms with Crippen LogP contribution in [0.3, 0.4) is 0 Å². The summed E-state index contributed by atoms with van der Waals surface area (Å²) >= 11 is 0. The molecule has 2 aromatic rings. The van der Waals surface area contributed by atoms with E-state index in [0.717, 1.165) is 0 Å². The first-order valence-corrected chi connectivity index (χ1v) is 6.87. The summed E-state index contributed by atoms with van der Waals surface area (Å²) in [6.07, 6.45) is 3.69. The predicted octanol–water partition coefficient (Wildman–Crippen LogP) is 3.96. The van der Waals surface area contributed by atoms with Crippen molar-refractivity contribution in [2.75, 3.05) is 6.54 Å². The van der Waals surface area contributed by atoms with Gasteiger partial charge >= 0.3 is 0 Å². The highest BCUT2D eigenvalue weighted by Crippen LogP contribution is 2.18. The quantitative estimate of drug-likeness (QED) is 0.644. The lowest BCUT2D eigenvalue weighted by molar-refractivity contribution is -0.385. The number of rotatable bonds is 6. The molecule has 0 amide bonds. The van der Waals surface area contributed by atoms with Crippen LogP contribution in [-0.4, -0.2) is 11.5 Å². The fourth-order valence-electron chi connectivity index (χ4n) is 2.09. The van der Waals surface area contributed by atoms with Crippen molar-refractivity contribution >= 4 is 11.8 Å². The second-order valence-corrected chi connectivity index (χ2v) is 4.76. The maximum absolute atomic E-state index is 10.9. The molecule has 2 rings (SSSR count). The minimum absolute atomic E-state index is 0.129. The molecule has 0 spiro atoms. The first kappa shape index (κ1) is 14.9. The molecule has 108 valence electrons. The first-order valence-electron chi connectivity index (χ1n) is 6.87. The lowest BCUT2D eigenvalue weighted by Crippen LogP contribution is -2.18. The topological polar surface area (TPSA) is 55.2 Å². The van der Waals surface area contributed by atoms with Gasteiger partial charge in [-0.15, -0.1) is 0 Å². The summed E-state index contributed by atoms with van der Waals surface area (Å²) in [5.74, 6) is 0. The summed E-state index contributed by atoms with van der Waals surface area (Å²) in [4.78, 5) is 10.5. The molecule has 0 heterocycles. The van der Waals surface area contributed by atoms with E-state index in [-0.39, 0.29) is 16.7 Å². The van der Waals surface area contributed by atoms with Gasteiger partial charge in [0.2, 0.25) is 0 Å². The van der Waals surface area contributed by atoms with Gasteiger partial charge in [-0.05, 0) is 18.6 Å². The normalized spacial score (nSPS) is 12.4. The summed E-state index contributed by atoms with van der Waals surface area (Å²) in [5, 5.41) is 14.3. The fraction of sp³-hybridized carbons (Fsp3) is 0.176. The lowest BCUT2D eigenvalue weighted by atomic mass is 10.1. The first-order chi connectivity index (χ1) is 10.2.